The van der Waals surface area contributed by atoms with Crippen LogP contribution < -0.4 is 58.7 Å². The van der Waals surface area contributed by atoms with Gasteiger partial charge in [0.2, 0.25) is 5.75 Å². The van der Waals surface area contributed by atoms with Gasteiger partial charge in [0.1, 0.15) is 22.9 Å². The largest absolute Gasteiger partial charge is 0.573 e. The number of nitrogens with zero attached hydrogens (tertiary/aromatic N) is 10. The number of nitrogens with one attached hydrogen (secondary N) is 3. The number of rotatable bonds is 15. The van der Waals surface area contributed by atoms with E-state index in [0.717, 1.165) is 60.2 Å². The Morgan fingerprint density at radius 3 is 1.29 bits per heavy atom. The summed E-state index contributed by atoms with van der Waals surface area (Å²) in [5.74, 6) is -1.73. The third kappa shape index (κ3) is 33.6. The number of aromatic amines is 3. The number of H-pyrrole nitrogens is 3. The minimum absolute atomic E-state index is 0. The zero-order valence-corrected chi connectivity index (χ0v) is 80.8. The number of ether oxygens (including phenoxy) is 6. The summed E-state index contributed by atoms with van der Waals surface area (Å²) in [4.78, 5) is 86.1. The molecule has 0 bridgehead atoms. The summed E-state index contributed by atoms with van der Waals surface area (Å²) in [7, 11) is 1.63. The van der Waals surface area contributed by atoms with Crippen LogP contribution in [-0.4, -0.2) is 154 Å². The molecule has 0 saturated carbocycles. The first kappa shape index (κ1) is 119. The molecule has 36 nitrogen and oxygen atoms in total. The number of nitro groups is 1. The number of benzene rings is 3. The molecular formula is C77H86B2Br4ClF9N14O22V2-2. The Kier molecular flexibility index (Phi) is 46.1. The average molecular weight is 2210 g/mol. The summed E-state index contributed by atoms with van der Waals surface area (Å²) in [6.45, 7) is 22.4. The Morgan fingerprint density at radius 1 is 0.550 bits per heavy atom. The standard InChI is InChI=1S/C18H13F3N4O3.C14H8BrF3N2O3.C10H17BN2O2.C8H18O3.C7H6BF3O3.C7H5BrN2O2.C5H3BrN2O4.C5H5BrN2O2.CH4.2CH3.ClH.2V/c1-10-23-15-16(27-10)14(11-7-22-24(2)8-11)9-25(17(15)26)12-3-5-13(6-4-12)28-18(19,20)21;1-7-19-11-12(22-7)10(15)6-20(13(11)21)8-2-4-9(5-3-8)23-14(16,17)18;1-9(2)10(3,4)15-11(14-9)8-6-12-13(5)7-8;1-5-9-8(4,10-6-2)11-7-3;9-7(10,11)14-6-3-1-5(2-4-6)8(12)13;1-3-10-5-6(12-3)4(8)2-9-7(5)11;6-2-1-7-5(10)3(4(2)9)8(11)12;6-2-1-8-5(10)3(7)4(2)9;;;;;;/h3-9H,1-2H3;2-6H,1H3;6-7H,1-5H3;5-7H2,1-4H3;1-4,12-13H;2H,1H3,(H,9,11);1H,(H2,7,9,10);1H,7H2,(H2,8,9,10);1H4;2*1H3;1H;;/q;;;;;;;;;2*-1;;;. The Labute approximate surface area is 803 Å². The van der Waals surface area contributed by atoms with Gasteiger partial charge in [0.15, 0.2) is 56.7 Å². The second-order valence-corrected chi connectivity index (χ2v) is 29.8. The number of anilines is 1. The molecule has 14 rings (SSSR count). The monoisotopic (exact) mass is 2200 g/mol. The van der Waals surface area contributed by atoms with Crippen molar-refractivity contribution in [3.05, 3.63) is 241 Å². The third-order valence-corrected chi connectivity index (χ3v) is 19.0. The zero-order valence-electron chi connectivity index (χ0n) is 70.8. The van der Waals surface area contributed by atoms with Crippen LogP contribution in [0.4, 0.5) is 50.9 Å². The van der Waals surface area contributed by atoms with Crippen molar-refractivity contribution in [2.45, 2.75) is 120 Å². The molecule has 0 aliphatic carbocycles. The number of oxazole rings is 3. The summed E-state index contributed by atoms with van der Waals surface area (Å²) in [5.41, 5.74) is 5.82. The topological polar surface area (TPSA) is 480 Å². The van der Waals surface area contributed by atoms with Crippen molar-refractivity contribution in [1.29, 1.82) is 0 Å². The molecule has 54 heteroatoms. The number of fused-ring (bicyclic) bond motifs is 3. The van der Waals surface area contributed by atoms with Crippen LogP contribution in [0, 0.1) is 45.7 Å². The van der Waals surface area contributed by atoms with Crippen molar-refractivity contribution in [3.63, 3.8) is 0 Å². The van der Waals surface area contributed by atoms with Crippen molar-refractivity contribution < 1.29 is 153 Å². The number of nitrogens with two attached hydrogens (primary N) is 1. The number of aromatic hydroxyl groups is 2. The average Bonchev–Trinajstić information content (AvgIpc) is 1.65. The Balaban J connectivity index is 0.000000764. The SMILES string of the molecule is C.CCOC(C)(OCC)OCC.Cc1nc2c(=O)[nH]cc(Br)c2o1.Cc1nc2c(=O)n(-c3ccc(OC(F)(F)F)cc3)cc(-c3cnn(C)c3)c2o1.Cc1nc2c(=O)n(-c3ccc(OC(F)(F)F)cc3)cc(Br)c2o1.Cl.Cn1cc(B2OC(C)(C)C(C)(C)O2)cn1.Nc1c(O)c(Br)c[nH]c1=O.O=c1[nH]cc(Br)c(O)c1[N+](=O)[O-].OB(O)c1ccc(OC(F)(F)F)cc1.[CH3-].[CH3-].[V].[V]. The van der Waals surface area contributed by atoms with Crippen LogP contribution in [0.25, 0.3) is 55.8 Å². The molecule has 10 aromatic heterocycles. The molecule has 1 fully saturated rings. The van der Waals surface area contributed by atoms with Gasteiger partial charge in [-0.15, -0.1) is 51.9 Å². The molecule has 712 valence electrons. The second kappa shape index (κ2) is 50.8. The fourth-order valence-electron chi connectivity index (χ4n) is 10.4. The van der Waals surface area contributed by atoms with E-state index in [1.54, 1.807) is 68.9 Å². The number of pyridine rings is 5. The molecule has 1 aliphatic rings. The van der Waals surface area contributed by atoms with Gasteiger partial charge in [-0.1, -0.05) is 19.6 Å². The van der Waals surface area contributed by atoms with Gasteiger partial charge in [0.25, 0.3) is 28.2 Å². The van der Waals surface area contributed by atoms with Gasteiger partial charge in [-0.3, -0.25) is 52.6 Å². The van der Waals surface area contributed by atoms with Crippen LogP contribution in [0.2, 0.25) is 0 Å². The number of hydrogen-bond acceptors (Lipinski definition) is 28. The number of hydrogen-bond donors (Lipinski definition) is 8. The van der Waals surface area contributed by atoms with E-state index in [1.807, 2.05) is 61.7 Å². The number of nitrogen functional groups attached to an aromatic ring is 1. The maximum absolute atomic E-state index is 12.9. The smallest absolute Gasteiger partial charge is 0.504 e. The van der Waals surface area contributed by atoms with Crippen molar-refractivity contribution in [2.24, 2.45) is 14.1 Å². The van der Waals surface area contributed by atoms with E-state index in [2.05, 4.69) is 118 Å². The van der Waals surface area contributed by atoms with E-state index in [1.165, 1.54) is 52.0 Å². The quantitative estimate of drug-likeness (QED) is 0.0118. The predicted octanol–water partition coefficient (Wildman–Crippen LogP) is 15.0. The Bertz CT molecular complexity index is 6170. The predicted molar refractivity (Wildman–Crippen MR) is 475 cm³/mol. The van der Waals surface area contributed by atoms with Gasteiger partial charge in [0, 0.05) is 176 Å². The molecule has 2 radical (unpaired) electrons. The first-order valence-electron chi connectivity index (χ1n) is 35.8. The number of alkyl halides is 9. The molecule has 9 N–H and O–H groups in total. The van der Waals surface area contributed by atoms with Gasteiger partial charge in [-0.05, 0) is 178 Å². The van der Waals surface area contributed by atoms with Gasteiger partial charge < -0.3 is 107 Å². The summed E-state index contributed by atoms with van der Waals surface area (Å²) >= 11 is 12.3. The van der Waals surface area contributed by atoms with Crippen LogP contribution >= 0.6 is 76.1 Å². The summed E-state index contributed by atoms with van der Waals surface area (Å²) in [6.07, 6.45) is -0.219. The summed E-state index contributed by atoms with van der Waals surface area (Å²) < 4.78 is 171. The Morgan fingerprint density at radius 2 is 0.916 bits per heavy atom. The van der Waals surface area contributed by atoms with Crippen LogP contribution in [0.3, 0.4) is 0 Å². The molecule has 0 unspecified atom stereocenters. The molecule has 3 aromatic carbocycles. The summed E-state index contributed by atoms with van der Waals surface area (Å²) in [6, 6.07) is 14.2. The van der Waals surface area contributed by atoms with E-state index in [-0.39, 0.29) is 140 Å². The molecule has 0 amide bonds. The van der Waals surface area contributed by atoms with Crippen molar-refractivity contribution >= 4 is 146 Å². The van der Waals surface area contributed by atoms with Crippen molar-refractivity contribution in [3.8, 4) is 51.2 Å². The zero-order chi connectivity index (χ0) is 93.3. The summed E-state index contributed by atoms with van der Waals surface area (Å²) in [5, 5.41) is 53.7. The van der Waals surface area contributed by atoms with Crippen LogP contribution in [0.15, 0.2) is 184 Å². The van der Waals surface area contributed by atoms with Crippen LogP contribution in [0.5, 0.6) is 28.7 Å². The van der Waals surface area contributed by atoms with Gasteiger partial charge in [-0.2, -0.15) is 10.2 Å². The molecular weight excluding hydrogens is 2120 g/mol. The maximum atomic E-state index is 12.9. The minimum Gasteiger partial charge on any atom is -0.504 e. The molecule has 1 aliphatic heterocycles. The number of aryl methyl sites for hydroxylation is 5. The van der Waals surface area contributed by atoms with E-state index in [0.29, 0.717) is 95.7 Å². The van der Waals surface area contributed by atoms with Gasteiger partial charge in [0.05, 0.1) is 40.2 Å². The van der Waals surface area contributed by atoms with Gasteiger partial charge in [-0.25, -0.2) is 15.0 Å². The Hall–Kier alpha value is -9.96. The maximum Gasteiger partial charge on any atom is 0.573 e. The van der Waals surface area contributed by atoms with Crippen LogP contribution in [-0.2, 0) is 74.7 Å². The first-order chi connectivity index (χ1) is 58.2. The van der Waals surface area contributed by atoms with Crippen molar-refractivity contribution in [2.75, 3.05) is 25.6 Å². The molecule has 13 aromatic rings. The van der Waals surface area contributed by atoms with E-state index >= 15 is 0 Å². The fraction of sp³-hybridized carbons (Fsp3) is 0.299. The van der Waals surface area contributed by atoms with E-state index < -0.39 is 76.5 Å². The fourth-order valence-corrected chi connectivity index (χ4v) is 11.9. The van der Waals surface area contributed by atoms with Crippen molar-refractivity contribution in [1.82, 2.24) is 58.6 Å². The van der Waals surface area contributed by atoms with Crippen LogP contribution in [0.1, 0.15) is 80.5 Å². The number of aromatic nitrogens is 12. The molecule has 11 heterocycles. The first-order valence-corrected chi connectivity index (χ1v) is 39.0. The molecule has 1 saturated heterocycles. The van der Waals surface area contributed by atoms with Gasteiger partial charge >= 0.3 is 44.6 Å². The second-order valence-electron chi connectivity index (χ2n) is 26.4. The third-order valence-electron chi connectivity index (χ3n) is 16.6. The van der Waals surface area contributed by atoms with E-state index in [4.69, 9.17) is 62.8 Å². The molecule has 0 spiro atoms. The number of halogens is 14. The minimum atomic E-state index is -4.79. The van der Waals surface area contributed by atoms with E-state index in [9.17, 15) is 73.6 Å². The molecule has 0 atom stereocenters. The molecule has 131 heavy (non-hydrogen) atoms. The normalized spacial score (nSPS) is 12.1.